The molecule has 3 aromatic rings. The van der Waals surface area contributed by atoms with Gasteiger partial charge < -0.3 is 9.47 Å². The summed E-state index contributed by atoms with van der Waals surface area (Å²) >= 11 is 0. The number of hydrogen-bond acceptors (Lipinski definition) is 4. The van der Waals surface area contributed by atoms with Crippen LogP contribution in [0.4, 0.5) is 11.6 Å². The Balaban J connectivity index is 2.04. The minimum atomic E-state index is -0.305. The summed E-state index contributed by atoms with van der Waals surface area (Å²) < 4.78 is 4.82. The number of aryl methyl sites for hydroxylation is 2. The smallest absolute Gasteiger partial charge is 0.311 e. The van der Waals surface area contributed by atoms with Gasteiger partial charge in [0.05, 0.1) is 0 Å². The third kappa shape index (κ3) is 2.60. The summed E-state index contributed by atoms with van der Waals surface area (Å²) in [6, 6.07) is 8.18. The Morgan fingerprint density at radius 3 is 2.63 bits per heavy atom. The highest BCUT2D eigenvalue weighted by Gasteiger charge is 2.30. The average Bonchev–Trinajstić information content (AvgIpc) is 3.03. The van der Waals surface area contributed by atoms with Crippen LogP contribution in [0.2, 0.25) is 0 Å². The average molecular weight is 367 g/mol. The van der Waals surface area contributed by atoms with E-state index in [1.54, 1.807) is 7.05 Å². The van der Waals surface area contributed by atoms with E-state index in [1.165, 1.54) is 9.13 Å². The minimum absolute atomic E-state index is 0.243. The SMILES string of the molecule is CCCn1c(=O)c2c(nc3n2CC(C)CN3c2ccccc2C)n(C)c1=O. The van der Waals surface area contributed by atoms with Crippen molar-refractivity contribution in [3.8, 4) is 0 Å². The zero-order valence-corrected chi connectivity index (χ0v) is 16.3. The Morgan fingerprint density at radius 1 is 1.19 bits per heavy atom. The van der Waals surface area contributed by atoms with Crippen molar-refractivity contribution in [2.45, 2.75) is 40.3 Å². The summed E-state index contributed by atoms with van der Waals surface area (Å²) in [5, 5.41) is 0. The molecule has 0 fully saturated rings. The minimum Gasteiger partial charge on any atom is -0.311 e. The fourth-order valence-electron chi connectivity index (χ4n) is 3.99. The lowest BCUT2D eigenvalue weighted by atomic mass is 10.1. The van der Waals surface area contributed by atoms with Crippen molar-refractivity contribution in [2.75, 3.05) is 11.4 Å². The predicted octanol–water partition coefficient (Wildman–Crippen LogP) is 2.40. The van der Waals surface area contributed by atoms with Gasteiger partial charge in [-0.25, -0.2) is 4.79 Å². The second kappa shape index (κ2) is 6.40. The second-order valence-corrected chi connectivity index (χ2v) is 7.50. The number of rotatable bonds is 3. The van der Waals surface area contributed by atoms with E-state index in [1.807, 2.05) is 23.6 Å². The lowest BCUT2D eigenvalue weighted by Crippen LogP contribution is -2.40. The Labute approximate surface area is 157 Å². The fourth-order valence-corrected chi connectivity index (χ4v) is 3.99. The normalized spacial score (nSPS) is 16.7. The molecule has 4 rings (SSSR count). The van der Waals surface area contributed by atoms with Crippen LogP contribution in [0.5, 0.6) is 0 Å². The lowest BCUT2D eigenvalue weighted by Gasteiger charge is -2.33. The molecule has 27 heavy (non-hydrogen) atoms. The van der Waals surface area contributed by atoms with Crippen molar-refractivity contribution < 1.29 is 0 Å². The van der Waals surface area contributed by atoms with Gasteiger partial charge >= 0.3 is 5.69 Å². The molecular weight excluding hydrogens is 342 g/mol. The van der Waals surface area contributed by atoms with E-state index in [9.17, 15) is 9.59 Å². The number of para-hydroxylation sites is 1. The first-order valence-corrected chi connectivity index (χ1v) is 9.47. The molecule has 142 valence electrons. The third-order valence-electron chi connectivity index (χ3n) is 5.30. The molecule has 1 aliphatic heterocycles. The molecule has 0 saturated carbocycles. The molecular formula is C20H25N5O2. The van der Waals surface area contributed by atoms with Crippen LogP contribution in [0, 0.1) is 12.8 Å². The molecule has 0 amide bonds. The van der Waals surface area contributed by atoms with E-state index < -0.39 is 0 Å². The monoisotopic (exact) mass is 367 g/mol. The Kier molecular flexibility index (Phi) is 4.17. The zero-order chi connectivity index (χ0) is 19.3. The highest BCUT2D eigenvalue weighted by atomic mass is 16.2. The van der Waals surface area contributed by atoms with Gasteiger partial charge in [-0.05, 0) is 30.9 Å². The van der Waals surface area contributed by atoms with E-state index >= 15 is 0 Å². The highest BCUT2D eigenvalue weighted by Crippen LogP contribution is 2.34. The number of nitrogens with zero attached hydrogens (tertiary/aromatic N) is 5. The molecule has 0 saturated heterocycles. The summed E-state index contributed by atoms with van der Waals surface area (Å²) in [5.74, 6) is 1.09. The molecule has 7 heteroatoms. The standard InChI is InChI=1S/C20H25N5O2/c1-5-10-23-18(26)16-17(22(4)20(23)27)21-19-24(11-13(2)12-25(16)19)15-9-7-6-8-14(15)3/h6-9,13H,5,10-12H2,1-4H3. The van der Waals surface area contributed by atoms with E-state index in [-0.39, 0.29) is 11.2 Å². The number of aromatic nitrogens is 4. The summed E-state index contributed by atoms with van der Waals surface area (Å²) in [7, 11) is 1.69. The van der Waals surface area contributed by atoms with Gasteiger partial charge in [-0.1, -0.05) is 32.0 Å². The lowest BCUT2D eigenvalue weighted by molar-refractivity contribution is 0.457. The molecule has 0 aliphatic carbocycles. The molecule has 1 aliphatic rings. The first-order valence-electron chi connectivity index (χ1n) is 9.47. The van der Waals surface area contributed by atoms with Gasteiger partial charge in [0.1, 0.15) is 0 Å². The van der Waals surface area contributed by atoms with E-state index in [4.69, 9.17) is 4.98 Å². The molecule has 0 N–H and O–H groups in total. The molecule has 3 heterocycles. The predicted molar refractivity (Wildman–Crippen MR) is 107 cm³/mol. The van der Waals surface area contributed by atoms with Gasteiger partial charge in [0, 0.05) is 32.4 Å². The van der Waals surface area contributed by atoms with Gasteiger partial charge in [0.25, 0.3) is 5.56 Å². The maximum Gasteiger partial charge on any atom is 0.332 e. The van der Waals surface area contributed by atoms with Crippen LogP contribution in [-0.2, 0) is 20.1 Å². The van der Waals surface area contributed by atoms with Crippen LogP contribution in [0.15, 0.2) is 33.9 Å². The Bertz CT molecular complexity index is 1140. The van der Waals surface area contributed by atoms with Crippen LogP contribution in [0.3, 0.4) is 0 Å². The molecule has 2 aromatic heterocycles. The van der Waals surface area contributed by atoms with Gasteiger partial charge in [-0.3, -0.25) is 13.9 Å². The van der Waals surface area contributed by atoms with Gasteiger partial charge in [-0.15, -0.1) is 0 Å². The first kappa shape index (κ1) is 17.6. The largest absolute Gasteiger partial charge is 0.332 e. The summed E-state index contributed by atoms with van der Waals surface area (Å²) in [5.41, 5.74) is 2.67. The number of anilines is 2. The highest BCUT2D eigenvalue weighted by molar-refractivity contribution is 5.77. The maximum atomic E-state index is 13.1. The van der Waals surface area contributed by atoms with Crippen molar-refractivity contribution in [3.63, 3.8) is 0 Å². The molecule has 1 atom stereocenters. The van der Waals surface area contributed by atoms with E-state index in [0.29, 0.717) is 30.2 Å². The molecule has 0 spiro atoms. The Morgan fingerprint density at radius 2 is 1.93 bits per heavy atom. The number of benzene rings is 1. The molecule has 1 aromatic carbocycles. The van der Waals surface area contributed by atoms with Gasteiger partial charge in [0.2, 0.25) is 5.95 Å². The van der Waals surface area contributed by atoms with Crippen molar-refractivity contribution in [3.05, 3.63) is 50.7 Å². The summed E-state index contributed by atoms with van der Waals surface area (Å²) in [6.45, 7) is 8.17. The van der Waals surface area contributed by atoms with Gasteiger partial charge in [0.15, 0.2) is 11.2 Å². The van der Waals surface area contributed by atoms with Crippen molar-refractivity contribution >= 4 is 22.8 Å². The summed E-state index contributed by atoms with van der Waals surface area (Å²) in [6.07, 6.45) is 0.730. The number of hydrogen-bond donors (Lipinski definition) is 0. The summed E-state index contributed by atoms with van der Waals surface area (Å²) in [4.78, 5) is 32.7. The Hall–Kier alpha value is -2.83. The molecule has 7 nitrogen and oxygen atoms in total. The van der Waals surface area contributed by atoms with Crippen molar-refractivity contribution in [2.24, 2.45) is 13.0 Å². The maximum absolute atomic E-state index is 13.1. The van der Waals surface area contributed by atoms with Crippen LogP contribution in [0.25, 0.3) is 11.2 Å². The quantitative estimate of drug-likeness (QED) is 0.713. The first-order chi connectivity index (χ1) is 12.9. The topological polar surface area (TPSA) is 65.1 Å². The molecule has 0 radical (unpaired) electrons. The number of imidazole rings is 1. The van der Waals surface area contributed by atoms with E-state index in [0.717, 1.165) is 30.2 Å². The van der Waals surface area contributed by atoms with Crippen LogP contribution in [0.1, 0.15) is 25.8 Å². The second-order valence-electron chi connectivity index (χ2n) is 7.50. The van der Waals surface area contributed by atoms with E-state index in [2.05, 4.69) is 30.9 Å². The van der Waals surface area contributed by atoms with Crippen LogP contribution < -0.4 is 16.1 Å². The fraction of sp³-hybridized carbons (Fsp3) is 0.450. The van der Waals surface area contributed by atoms with Gasteiger partial charge in [-0.2, -0.15) is 4.98 Å². The van der Waals surface area contributed by atoms with Crippen molar-refractivity contribution in [1.82, 2.24) is 18.7 Å². The number of fused-ring (bicyclic) bond motifs is 3. The van der Waals surface area contributed by atoms with Crippen LogP contribution >= 0.6 is 0 Å². The molecule has 1 unspecified atom stereocenters. The molecule has 0 bridgehead atoms. The third-order valence-corrected chi connectivity index (χ3v) is 5.30. The van der Waals surface area contributed by atoms with Crippen molar-refractivity contribution in [1.29, 1.82) is 0 Å². The van der Waals surface area contributed by atoms with Crippen LogP contribution in [-0.4, -0.2) is 25.2 Å². The zero-order valence-electron chi connectivity index (χ0n) is 16.3.